The van der Waals surface area contributed by atoms with Gasteiger partial charge in [-0.25, -0.2) is 4.98 Å². The molecule has 1 heterocycles. The van der Waals surface area contributed by atoms with Gasteiger partial charge in [0.25, 0.3) is 5.91 Å². The minimum absolute atomic E-state index is 0.182. The number of hydrogen-bond donors (Lipinski definition) is 2. The molecule has 0 saturated heterocycles. The third kappa shape index (κ3) is 5.63. The largest absolute Gasteiger partial charge is 0.489 e. The summed E-state index contributed by atoms with van der Waals surface area (Å²) in [5, 5.41) is 8.23. The van der Waals surface area contributed by atoms with E-state index in [1.807, 2.05) is 66.7 Å². The number of carbonyl (C=O) groups is 1. The Labute approximate surface area is 230 Å². The van der Waals surface area contributed by atoms with Crippen molar-refractivity contribution in [2.45, 2.75) is 6.61 Å². The molecule has 0 aliphatic rings. The van der Waals surface area contributed by atoms with Crippen molar-refractivity contribution in [2.75, 3.05) is 5.32 Å². The number of aromatic nitrogens is 1. The van der Waals surface area contributed by atoms with Crippen LogP contribution in [0.5, 0.6) is 5.75 Å². The fourth-order valence-electron chi connectivity index (χ4n) is 4.23. The second-order valence-corrected chi connectivity index (χ2v) is 9.38. The number of benzene rings is 5. The van der Waals surface area contributed by atoms with Crippen LogP contribution in [-0.2, 0) is 6.61 Å². The highest BCUT2D eigenvalue weighted by atomic mass is 32.1. The van der Waals surface area contributed by atoms with Gasteiger partial charge in [-0.1, -0.05) is 60.7 Å². The molecule has 39 heavy (non-hydrogen) atoms. The van der Waals surface area contributed by atoms with Crippen molar-refractivity contribution in [1.82, 2.24) is 10.3 Å². The Morgan fingerprint density at radius 2 is 1.59 bits per heavy atom. The van der Waals surface area contributed by atoms with Gasteiger partial charge in [-0.05, 0) is 83.2 Å². The SMILES string of the molecule is O=C(NC(=S)Nc1ccc2oc(-c3ccc4ccccc4c3)nc2c1)c1ccc(OCc2ccccc2)cc1. The number of nitrogens with one attached hydrogen (secondary N) is 2. The minimum atomic E-state index is -0.316. The van der Waals surface area contributed by atoms with Crippen molar-refractivity contribution >= 4 is 50.8 Å². The molecule has 0 unspecified atom stereocenters. The average Bonchev–Trinajstić information content (AvgIpc) is 3.40. The number of amides is 1. The summed E-state index contributed by atoms with van der Waals surface area (Å²) in [5.41, 5.74) is 4.48. The highest BCUT2D eigenvalue weighted by molar-refractivity contribution is 7.80. The number of anilines is 1. The smallest absolute Gasteiger partial charge is 0.257 e. The highest BCUT2D eigenvalue weighted by Gasteiger charge is 2.12. The molecular formula is C32H23N3O3S. The minimum Gasteiger partial charge on any atom is -0.489 e. The first-order valence-corrected chi connectivity index (χ1v) is 12.8. The molecule has 1 aromatic heterocycles. The van der Waals surface area contributed by atoms with Crippen LogP contribution in [0, 0.1) is 0 Å². The van der Waals surface area contributed by atoms with E-state index in [9.17, 15) is 4.79 Å². The zero-order chi connectivity index (χ0) is 26.6. The molecule has 0 aliphatic heterocycles. The summed E-state index contributed by atoms with van der Waals surface area (Å²) in [6.07, 6.45) is 0. The summed E-state index contributed by atoms with van der Waals surface area (Å²) in [6, 6.07) is 36.6. The molecule has 0 spiro atoms. The normalized spacial score (nSPS) is 10.9. The standard InChI is InChI=1S/C32H23N3O3S/c36-30(23-12-15-27(16-13-23)37-20-21-6-2-1-3-7-21)35-32(39)33-26-14-17-29-28(19-26)34-31(38-29)25-11-10-22-8-4-5-9-24(22)18-25/h1-19H,20H2,(H2,33,35,36,39). The molecule has 1 amide bonds. The molecule has 0 atom stereocenters. The van der Waals surface area contributed by atoms with Gasteiger partial charge in [0, 0.05) is 16.8 Å². The number of thiocarbonyl (C=S) groups is 1. The topological polar surface area (TPSA) is 76.4 Å². The molecule has 0 saturated carbocycles. The van der Waals surface area contributed by atoms with Gasteiger partial charge in [0.15, 0.2) is 10.7 Å². The molecule has 6 aromatic rings. The summed E-state index contributed by atoms with van der Waals surface area (Å²) < 4.78 is 11.8. The van der Waals surface area contributed by atoms with Crippen molar-refractivity contribution in [3.05, 3.63) is 126 Å². The second-order valence-electron chi connectivity index (χ2n) is 8.97. The lowest BCUT2D eigenvalue weighted by molar-refractivity contribution is 0.0977. The molecule has 0 bridgehead atoms. The summed E-state index contributed by atoms with van der Waals surface area (Å²) >= 11 is 5.37. The van der Waals surface area contributed by atoms with Gasteiger partial charge in [0.1, 0.15) is 17.9 Å². The van der Waals surface area contributed by atoms with Crippen molar-refractivity contribution in [3.8, 4) is 17.2 Å². The summed E-state index contributed by atoms with van der Waals surface area (Å²) in [4.78, 5) is 17.4. The quantitative estimate of drug-likeness (QED) is 0.220. The molecule has 6 nitrogen and oxygen atoms in total. The lowest BCUT2D eigenvalue weighted by Gasteiger charge is -2.10. The zero-order valence-electron chi connectivity index (χ0n) is 20.8. The van der Waals surface area contributed by atoms with Crippen molar-refractivity contribution in [2.24, 2.45) is 0 Å². The summed E-state index contributed by atoms with van der Waals surface area (Å²) in [7, 11) is 0. The van der Waals surface area contributed by atoms with Crippen molar-refractivity contribution < 1.29 is 13.9 Å². The van der Waals surface area contributed by atoms with Gasteiger partial charge in [0.05, 0.1) is 0 Å². The third-order valence-corrected chi connectivity index (χ3v) is 6.44. The molecule has 190 valence electrons. The Morgan fingerprint density at radius 1 is 0.821 bits per heavy atom. The first-order chi connectivity index (χ1) is 19.1. The van der Waals surface area contributed by atoms with E-state index in [2.05, 4.69) is 39.9 Å². The third-order valence-electron chi connectivity index (χ3n) is 6.23. The molecule has 0 aliphatic carbocycles. The van der Waals surface area contributed by atoms with Crippen LogP contribution >= 0.6 is 12.2 Å². The van der Waals surface area contributed by atoms with Gasteiger partial charge >= 0.3 is 0 Å². The first-order valence-electron chi connectivity index (χ1n) is 12.4. The second kappa shape index (κ2) is 10.8. The van der Waals surface area contributed by atoms with Crippen LogP contribution in [0.1, 0.15) is 15.9 Å². The molecule has 0 fully saturated rings. The van der Waals surface area contributed by atoms with E-state index in [0.717, 1.165) is 21.9 Å². The van der Waals surface area contributed by atoms with E-state index in [1.54, 1.807) is 24.3 Å². The fraction of sp³-hybridized carbons (Fsp3) is 0.0312. The average molecular weight is 530 g/mol. The lowest BCUT2D eigenvalue weighted by Crippen LogP contribution is -2.34. The number of carbonyl (C=O) groups excluding carboxylic acids is 1. The Morgan fingerprint density at radius 3 is 2.41 bits per heavy atom. The van der Waals surface area contributed by atoms with Crippen molar-refractivity contribution in [3.63, 3.8) is 0 Å². The maximum atomic E-state index is 12.7. The van der Waals surface area contributed by atoms with E-state index in [-0.39, 0.29) is 11.0 Å². The van der Waals surface area contributed by atoms with Crippen LogP contribution in [-0.4, -0.2) is 16.0 Å². The van der Waals surface area contributed by atoms with Gasteiger partial charge in [-0.3, -0.25) is 10.1 Å². The molecule has 2 N–H and O–H groups in total. The van der Waals surface area contributed by atoms with Crippen LogP contribution in [0.3, 0.4) is 0 Å². The maximum absolute atomic E-state index is 12.7. The molecule has 6 rings (SSSR count). The number of rotatable bonds is 6. The number of hydrogen-bond acceptors (Lipinski definition) is 5. The van der Waals surface area contributed by atoms with E-state index in [0.29, 0.717) is 40.6 Å². The summed E-state index contributed by atoms with van der Waals surface area (Å²) in [6.45, 7) is 0.458. The molecule has 0 radical (unpaired) electrons. The highest BCUT2D eigenvalue weighted by Crippen LogP contribution is 2.28. The van der Waals surface area contributed by atoms with Crippen molar-refractivity contribution in [1.29, 1.82) is 0 Å². The predicted octanol–water partition coefficient (Wildman–Crippen LogP) is 7.35. The fourth-order valence-corrected chi connectivity index (χ4v) is 4.44. The van der Waals surface area contributed by atoms with Crippen LogP contribution in [0.4, 0.5) is 5.69 Å². The van der Waals surface area contributed by atoms with Gasteiger partial charge in [-0.15, -0.1) is 0 Å². The van der Waals surface area contributed by atoms with Crippen LogP contribution < -0.4 is 15.4 Å². The lowest BCUT2D eigenvalue weighted by atomic mass is 10.1. The van der Waals surface area contributed by atoms with Crippen LogP contribution in [0.15, 0.2) is 120 Å². The predicted molar refractivity (Wildman–Crippen MR) is 158 cm³/mol. The van der Waals surface area contributed by atoms with E-state index >= 15 is 0 Å². The first kappa shape index (κ1) is 24.3. The van der Waals surface area contributed by atoms with E-state index in [1.165, 1.54) is 0 Å². The maximum Gasteiger partial charge on any atom is 0.257 e. The molecular weight excluding hydrogens is 506 g/mol. The summed E-state index contributed by atoms with van der Waals surface area (Å²) in [5.74, 6) is 0.906. The zero-order valence-corrected chi connectivity index (χ0v) is 21.6. The number of fused-ring (bicyclic) bond motifs is 2. The Kier molecular flexibility index (Phi) is 6.72. The van der Waals surface area contributed by atoms with Gasteiger partial charge in [0.2, 0.25) is 5.89 Å². The van der Waals surface area contributed by atoms with Crippen LogP contribution in [0.2, 0.25) is 0 Å². The van der Waals surface area contributed by atoms with Crippen LogP contribution in [0.25, 0.3) is 33.3 Å². The van der Waals surface area contributed by atoms with E-state index < -0.39 is 0 Å². The number of nitrogens with zero attached hydrogens (tertiary/aromatic N) is 1. The molecule has 7 heteroatoms. The Bertz CT molecular complexity index is 1800. The van der Waals surface area contributed by atoms with Gasteiger partial charge in [-0.2, -0.15) is 0 Å². The Balaban J connectivity index is 1.08. The monoisotopic (exact) mass is 529 g/mol. The number of ether oxygens (including phenoxy) is 1. The molecule has 5 aromatic carbocycles. The van der Waals surface area contributed by atoms with Gasteiger partial charge < -0.3 is 14.5 Å². The number of oxazole rings is 1. The Hall–Kier alpha value is -5.01. The van der Waals surface area contributed by atoms with E-state index in [4.69, 9.17) is 21.4 Å².